The van der Waals surface area contributed by atoms with Gasteiger partial charge in [0.2, 0.25) is 0 Å². The van der Waals surface area contributed by atoms with Gasteiger partial charge in [0.15, 0.2) is 5.79 Å². The fourth-order valence-electron chi connectivity index (χ4n) is 1.74. The summed E-state index contributed by atoms with van der Waals surface area (Å²) >= 11 is 4.26. The van der Waals surface area contributed by atoms with Crippen molar-refractivity contribution in [1.29, 1.82) is 0 Å². The van der Waals surface area contributed by atoms with Crippen molar-refractivity contribution in [3.63, 3.8) is 0 Å². The highest BCUT2D eigenvalue weighted by Gasteiger charge is 2.42. The second-order valence-corrected chi connectivity index (χ2v) is 4.12. The van der Waals surface area contributed by atoms with E-state index in [0.29, 0.717) is 0 Å². The first-order valence-electron chi connectivity index (χ1n) is 4.46. The summed E-state index contributed by atoms with van der Waals surface area (Å²) in [4.78, 5) is 0. The van der Waals surface area contributed by atoms with Crippen molar-refractivity contribution < 1.29 is 9.47 Å². The average molecular weight is 198 g/mol. The molecule has 2 nitrogen and oxygen atoms in total. The van der Waals surface area contributed by atoms with Gasteiger partial charge in [-0.25, -0.2) is 0 Å². The zero-order chi connectivity index (χ0) is 9.47. The smallest absolute Gasteiger partial charge is 0.164 e. The molecular formula is C10H14O2S. The normalized spacial score (nSPS) is 35.8. The van der Waals surface area contributed by atoms with Crippen LogP contribution in [0.25, 0.3) is 0 Å². The van der Waals surface area contributed by atoms with E-state index in [1.807, 2.05) is 26.0 Å². The molecule has 0 aromatic rings. The van der Waals surface area contributed by atoms with E-state index in [1.54, 1.807) is 0 Å². The molecule has 2 atom stereocenters. The fourth-order valence-corrected chi connectivity index (χ4v) is 2.03. The van der Waals surface area contributed by atoms with Gasteiger partial charge in [-0.15, -0.1) is 0 Å². The third-order valence-corrected chi connectivity index (χ3v) is 2.65. The van der Waals surface area contributed by atoms with E-state index in [9.17, 15) is 0 Å². The number of allylic oxidation sites excluding steroid dienone is 2. The van der Waals surface area contributed by atoms with E-state index in [2.05, 4.69) is 18.7 Å². The Morgan fingerprint density at radius 1 is 1.46 bits per heavy atom. The molecule has 1 saturated heterocycles. The predicted octanol–water partition coefficient (Wildman–Crippen LogP) is 1.93. The topological polar surface area (TPSA) is 18.5 Å². The largest absolute Gasteiger partial charge is 0.340 e. The monoisotopic (exact) mass is 198 g/mol. The lowest BCUT2D eigenvalue weighted by Crippen LogP contribution is -2.25. The highest BCUT2D eigenvalue weighted by Crippen LogP contribution is 2.34. The highest BCUT2D eigenvalue weighted by molar-refractivity contribution is 7.80. The van der Waals surface area contributed by atoms with Gasteiger partial charge in [0.1, 0.15) is 12.2 Å². The van der Waals surface area contributed by atoms with E-state index in [-0.39, 0.29) is 12.2 Å². The van der Waals surface area contributed by atoms with E-state index < -0.39 is 5.79 Å². The van der Waals surface area contributed by atoms with Crippen LogP contribution in [0.3, 0.4) is 0 Å². The van der Waals surface area contributed by atoms with Gasteiger partial charge in [0, 0.05) is 5.75 Å². The minimum absolute atomic E-state index is 0.0671. The van der Waals surface area contributed by atoms with Crippen LogP contribution in [-0.2, 0) is 9.47 Å². The Balaban J connectivity index is 2.21. The Labute approximate surface area is 84.0 Å². The molecule has 2 rings (SSSR count). The van der Waals surface area contributed by atoms with E-state index >= 15 is 0 Å². The SMILES string of the molecule is CC1(C)O[C@H]2C=CC=C(CS)[C@H]2O1. The number of rotatable bonds is 1. The molecule has 1 heterocycles. The van der Waals surface area contributed by atoms with Crippen LogP contribution in [0, 0.1) is 0 Å². The molecule has 0 saturated carbocycles. The average Bonchev–Trinajstić information content (AvgIpc) is 2.37. The molecule has 2 aliphatic rings. The van der Waals surface area contributed by atoms with E-state index in [4.69, 9.17) is 9.47 Å². The maximum atomic E-state index is 5.77. The molecule has 3 heteroatoms. The van der Waals surface area contributed by atoms with Gasteiger partial charge in [0.05, 0.1) is 0 Å². The van der Waals surface area contributed by atoms with Crippen molar-refractivity contribution in [2.24, 2.45) is 0 Å². The first-order valence-corrected chi connectivity index (χ1v) is 5.09. The maximum Gasteiger partial charge on any atom is 0.164 e. The third-order valence-electron chi connectivity index (χ3n) is 2.29. The van der Waals surface area contributed by atoms with Crippen LogP contribution in [0.2, 0.25) is 0 Å². The number of ether oxygens (including phenoxy) is 2. The van der Waals surface area contributed by atoms with Crippen LogP contribution in [-0.4, -0.2) is 23.7 Å². The van der Waals surface area contributed by atoms with Crippen molar-refractivity contribution >= 4 is 12.6 Å². The van der Waals surface area contributed by atoms with Gasteiger partial charge in [-0.3, -0.25) is 0 Å². The van der Waals surface area contributed by atoms with Crippen LogP contribution in [0.15, 0.2) is 23.8 Å². The van der Waals surface area contributed by atoms with Crippen molar-refractivity contribution in [2.75, 3.05) is 5.75 Å². The molecule has 0 unspecified atom stereocenters. The van der Waals surface area contributed by atoms with Crippen LogP contribution in [0.4, 0.5) is 0 Å². The molecular weight excluding hydrogens is 184 g/mol. The summed E-state index contributed by atoms with van der Waals surface area (Å²) in [6.07, 6.45) is 6.24. The molecule has 0 N–H and O–H groups in total. The molecule has 0 spiro atoms. The number of thiol groups is 1. The summed E-state index contributed by atoms with van der Waals surface area (Å²) < 4.78 is 11.5. The summed E-state index contributed by atoms with van der Waals surface area (Å²) in [6.45, 7) is 3.88. The Morgan fingerprint density at radius 2 is 2.23 bits per heavy atom. The second kappa shape index (κ2) is 3.15. The van der Waals surface area contributed by atoms with Gasteiger partial charge >= 0.3 is 0 Å². The highest BCUT2D eigenvalue weighted by atomic mass is 32.1. The molecule has 0 aromatic carbocycles. The zero-order valence-electron chi connectivity index (χ0n) is 7.86. The summed E-state index contributed by atoms with van der Waals surface area (Å²) in [7, 11) is 0. The summed E-state index contributed by atoms with van der Waals surface area (Å²) in [5, 5.41) is 0. The Morgan fingerprint density at radius 3 is 2.92 bits per heavy atom. The lowest BCUT2D eigenvalue weighted by Gasteiger charge is -2.19. The van der Waals surface area contributed by atoms with E-state index in [1.165, 1.54) is 5.57 Å². The standard InChI is InChI=1S/C10H14O2S/c1-10(2)11-8-5-3-4-7(6-13)9(8)12-10/h3-5,8-9,13H,6H2,1-2H3/t8-,9+/m0/s1. The molecule has 1 fully saturated rings. The van der Waals surface area contributed by atoms with Crippen LogP contribution in [0.1, 0.15) is 13.8 Å². The lowest BCUT2D eigenvalue weighted by molar-refractivity contribution is -0.139. The van der Waals surface area contributed by atoms with Crippen molar-refractivity contribution in [3.05, 3.63) is 23.8 Å². The van der Waals surface area contributed by atoms with Gasteiger partial charge in [-0.1, -0.05) is 18.2 Å². The first-order chi connectivity index (χ1) is 6.12. The fraction of sp³-hybridized carbons (Fsp3) is 0.600. The number of fused-ring (bicyclic) bond motifs is 1. The third kappa shape index (κ3) is 1.68. The molecule has 0 bridgehead atoms. The molecule has 1 aliphatic heterocycles. The Hall–Kier alpha value is -0.250. The lowest BCUT2D eigenvalue weighted by atomic mass is 10.0. The van der Waals surface area contributed by atoms with Crippen molar-refractivity contribution in [2.45, 2.75) is 31.8 Å². The maximum absolute atomic E-state index is 5.77. The molecule has 0 aromatic heterocycles. The summed E-state index contributed by atoms with van der Waals surface area (Å²) in [5.41, 5.74) is 1.20. The zero-order valence-corrected chi connectivity index (χ0v) is 8.75. The Bertz CT molecular complexity index is 268. The van der Waals surface area contributed by atoms with Crippen LogP contribution in [0.5, 0.6) is 0 Å². The van der Waals surface area contributed by atoms with Gasteiger partial charge < -0.3 is 9.47 Å². The second-order valence-electron chi connectivity index (χ2n) is 3.81. The van der Waals surface area contributed by atoms with E-state index in [0.717, 1.165) is 5.75 Å². The molecule has 0 radical (unpaired) electrons. The molecule has 1 aliphatic carbocycles. The minimum atomic E-state index is -0.466. The van der Waals surface area contributed by atoms with Crippen molar-refractivity contribution in [1.82, 2.24) is 0 Å². The number of hydrogen-bond acceptors (Lipinski definition) is 3. The first kappa shape index (κ1) is 9.31. The van der Waals surface area contributed by atoms with Gasteiger partial charge in [-0.05, 0) is 19.4 Å². The minimum Gasteiger partial charge on any atom is -0.340 e. The van der Waals surface area contributed by atoms with Crippen LogP contribution < -0.4 is 0 Å². The van der Waals surface area contributed by atoms with Gasteiger partial charge in [-0.2, -0.15) is 12.6 Å². The number of hydrogen-bond donors (Lipinski definition) is 1. The van der Waals surface area contributed by atoms with Crippen LogP contribution >= 0.6 is 12.6 Å². The summed E-state index contributed by atoms with van der Waals surface area (Å²) in [5.74, 6) is 0.261. The van der Waals surface area contributed by atoms with Crippen molar-refractivity contribution in [3.8, 4) is 0 Å². The predicted molar refractivity (Wildman–Crippen MR) is 54.9 cm³/mol. The molecule has 13 heavy (non-hydrogen) atoms. The Kier molecular flexibility index (Phi) is 2.26. The molecule has 72 valence electrons. The summed E-state index contributed by atoms with van der Waals surface area (Å²) in [6, 6.07) is 0. The quantitative estimate of drug-likeness (QED) is 0.649. The van der Waals surface area contributed by atoms with Gasteiger partial charge in [0.25, 0.3) is 0 Å². The molecule has 0 amide bonds.